The lowest BCUT2D eigenvalue weighted by molar-refractivity contribution is 0.0823. The van der Waals surface area contributed by atoms with Crippen molar-refractivity contribution in [2.45, 2.75) is 52.6 Å². The fourth-order valence-corrected chi connectivity index (χ4v) is 3.59. The fourth-order valence-electron chi connectivity index (χ4n) is 3.59. The highest BCUT2D eigenvalue weighted by Gasteiger charge is 2.30. The molecule has 3 atom stereocenters. The van der Waals surface area contributed by atoms with Gasteiger partial charge in [-0.2, -0.15) is 0 Å². The minimum absolute atomic E-state index is 0.482. The van der Waals surface area contributed by atoms with E-state index in [1.165, 1.54) is 24.9 Å². The standard InChI is InChI=1S/C19H32N2/c1-5-9-16(4)13-21-14-18(17-10-7-6-8-11-17)20-12-19(21)15(2)3/h6-8,10-11,15-16,18-20H,5,9,12-14H2,1-4H3. The highest BCUT2D eigenvalue weighted by molar-refractivity contribution is 5.20. The van der Waals surface area contributed by atoms with E-state index in [-0.39, 0.29) is 0 Å². The van der Waals surface area contributed by atoms with Gasteiger partial charge in [-0.1, -0.05) is 64.4 Å². The molecule has 0 bridgehead atoms. The predicted molar refractivity (Wildman–Crippen MR) is 91.5 cm³/mol. The Hall–Kier alpha value is -0.860. The Morgan fingerprint density at radius 3 is 2.52 bits per heavy atom. The van der Waals surface area contributed by atoms with Gasteiger partial charge in [-0.15, -0.1) is 0 Å². The van der Waals surface area contributed by atoms with E-state index in [4.69, 9.17) is 0 Å². The Balaban J connectivity index is 2.04. The molecule has 0 aromatic heterocycles. The summed E-state index contributed by atoms with van der Waals surface area (Å²) in [4.78, 5) is 2.74. The molecule has 2 rings (SSSR count). The molecule has 1 aliphatic heterocycles. The van der Waals surface area contributed by atoms with Crippen LogP contribution in [0.25, 0.3) is 0 Å². The van der Waals surface area contributed by atoms with E-state index >= 15 is 0 Å². The summed E-state index contributed by atoms with van der Waals surface area (Å²) in [5, 5.41) is 3.76. The average molecular weight is 288 g/mol. The van der Waals surface area contributed by atoms with Gasteiger partial charge in [0.25, 0.3) is 0 Å². The summed E-state index contributed by atoms with van der Waals surface area (Å²) in [7, 11) is 0. The van der Waals surface area contributed by atoms with Crippen molar-refractivity contribution in [2.75, 3.05) is 19.6 Å². The molecule has 0 amide bonds. The molecule has 0 aliphatic carbocycles. The Labute approximate surface area is 130 Å². The van der Waals surface area contributed by atoms with Gasteiger partial charge in [-0.05, 0) is 23.8 Å². The molecule has 1 saturated heterocycles. The lowest BCUT2D eigenvalue weighted by Gasteiger charge is -2.43. The second-order valence-corrected chi connectivity index (χ2v) is 7.03. The van der Waals surface area contributed by atoms with Crippen molar-refractivity contribution in [3.63, 3.8) is 0 Å². The molecular weight excluding hydrogens is 256 g/mol. The molecule has 1 heterocycles. The van der Waals surface area contributed by atoms with Crippen molar-refractivity contribution < 1.29 is 0 Å². The van der Waals surface area contributed by atoms with Crippen LogP contribution in [0, 0.1) is 11.8 Å². The summed E-state index contributed by atoms with van der Waals surface area (Å²) in [5.74, 6) is 1.51. The first-order valence-corrected chi connectivity index (χ1v) is 8.64. The first-order chi connectivity index (χ1) is 10.1. The molecule has 118 valence electrons. The molecule has 0 radical (unpaired) electrons. The normalized spacial score (nSPS) is 25.2. The van der Waals surface area contributed by atoms with E-state index in [0.717, 1.165) is 19.0 Å². The quantitative estimate of drug-likeness (QED) is 0.848. The first-order valence-electron chi connectivity index (χ1n) is 8.64. The van der Waals surface area contributed by atoms with E-state index in [1.807, 2.05) is 0 Å². The van der Waals surface area contributed by atoms with Crippen LogP contribution in [0.3, 0.4) is 0 Å². The van der Waals surface area contributed by atoms with Gasteiger partial charge in [-0.3, -0.25) is 4.90 Å². The van der Waals surface area contributed by atoms with E-state index in [0.29, 0.717) is 18.0 Å². The van der Waals surface area contributed by atoms with E-state index in [9.17, 15) is 0 Å². The summed E-state index contributed by atoms with van der Waals surface area (Å²) in [6, 6.07) is 12.1. The van der Waals surface area contributed by atoms with E-state index in [1.54, 1.807) is 0 Å². The Kier molecular flexibility index (Phi) is 6.25. The largest absolute Gasteiger partial charge is 0.307 e. The van der Waals surface area contributed by atoms with Crippen molar-refractivity contribution in [1.29, 1.82) is 0 Å². The van der Waals surface area contributed by atoms with Gasteiger partial charge in [0.05, 0.1) is 0 Å². The third-order valence-electron chi connectivity index (χ3n) is 4.76. The second-order valence-electron chi connectivity index (χ2n) is 7.03. The predicted octanol–water partition coefficient (Wildman–Crippen LogP) is 4.09. The molecule has 3 unspecified atom stereocenters. The van der Waals surface area contributed by atoms with Gasteiger partial charge in [0.15, 0.2) is 0 Å². The maximum atomic E-state index is 3.76. The van der Waals surface area contributed by atoms with Crippen molar-refractivity contribution in [3.8, 4) is 0 Å². The summed E-state index contributed by atoms with van der Waals surface area (Å²) in [6.07, 6.45) is 2.63. The molecule has 2 heteroatoms. The zero-order chi connectivity index (χ0) is 15.2. The minimum atomic E-state index is 0.482. The Morgan fingerprint density at radius 2 is 1.90 bits per heavy atom. The third kappa shape index (κ3) is 4.55. The van der Waals surface area contributed by atoms with Crippen LogP contribution in [-0.4, -0.2) is 30.6 Å². The van der Waals surface area contributed by atoms with Crippen LogP contribution in [0.1, 0.15) is 52.1 Å². The van der Waals surface area contributed by atoms with Gasteiger partial charge < -0.3 is 5.32 Å². The molecule has 2 nitrogen and oxygen atoms in total. The number of nitrogens with zero attached hydrogens (tertiary/aromatic N) is 1. The summed E-state index contributed by atoms with van der Waals surface area (Å²) in [5.41, 5.74) is 1.42. The summed E-state index contributed by atoms with van der Waals surface area (Å²) < 4.78 is 0. The van der Waals surface area contributed by atoms with Gasteiger partial charge in [0.1, 0.15) is 0 Å². The average Bonchev–Trinajstić information content (AvgIpc) is 2.48. The fraction of sp³-hybridized carbons (Fsp3) is 0.684. The number of nitrogens with one attached hydrogen (secondary N) is 1. The molecule has 0 spiro atoms. The van der Waals surface area contributed by atoms with E-state index in [2.05, 4.69) is 68.2 Å². The summed E-state index contributed by atoms with van der Waals surface area (Å²) in [6.45, 7) is 12.9. The number of hydrogen-bond donors (Lipinski definition) is 1. The monoisotopic (exact) mass is 288 g/mol. The molecule has 1 aromatic carbocycles. The number of benzene rings is 1. The lowest BCUT2D eigenvalue weighted by atomic mass is 9.94. The first kappa shape index (κ1) is 16.5. The van der Waals surface area contributed by atoms with Crippen LogP contribution in [-0.2, 0) is 0 Å². The molecule has 1 N–H and O–H groups in total. The third-order valence-corrected chi connectivity index (χ3v) is 4.76. The molecule has 1 fully saturated rings. The maximum Gasteiger partial charge on any atom is 0.0449 e. The highest BCUT2D eigenvalue weighted by atomic mass is 15.2. The van der Waals surface area contributed by atoms with Crippen molar-refractivity contribution >= 4 is 0 Å². The smallest absolute Gasteiger partial charge is 0.0449 e. The minimum Gasteiger partial charge on any atom is -0.307 e. The van der Waals surface area contributed by atoms with E-state index < -0.39 is 0 Å². The second kappa shape index (κ2) is 7.95. The van der Waals surface area contributed by atoms with Crippen LogP contribution in [0.5, 0.6) is 0 Å². The SMILES string of the molecule is CCCC(C)CN1CC(c2ccccc2)NCC1C(C)C. The maximum absolute atomic E-state index is 3.76. The van der Waals surface area contributed by atoms with Crippen LogP contribution in [0.15, 0.2) is 30.3 Å². The Bertz CT molecular complexity index is 401. The van der Waals surface area contributed by atoms with Crippen molar-refractivity contribution in [3.05, 3.63) is 35.9 Å². The number of hydrogen-bond acceptors (Lipinski definition) is 2. The highest BCUT2D eigenvalue weighted by Crippen LogP contribution is 2.24. The molecule has 1 aliphatic rings. The lowest BCUT2D eigenvalue weighted by Crippen LogP contribution is -2.55. The molecule has 0 saturated carbocycles. The zero-order valence-corrected chi connectivity index (χ0v) is 14.2. The molecular formula is C19H32N2. The van der Waals surface area contributed by atoms with Gasteiger partial charge >= 0.3 is 0 Å². The molecule has 1 aromatic rings. The van der Waals surface area contributed by atoms with Gasteiger partial charge in [0.2, 0.25) is 0 Å². The van der Waals surface area contributed by atoms with Crippen LogP contribution in [0.4, 0.5) is 0 Å². The van der Waals surface area contributed by atoms with Gasteiger partial charge in [0, 0.05) is 31.7 Å². The number of rotatable bonds is 6. The number of piperazine rings is 1. The van der Waals surface area contributed by atoms with Crippen LogP contribution in [0.2, 0.25) is 0 Å². The summed E-state index contributed by atoms with van der Waals surface area (Å²) >= 11 is 0. The van der Waals surface area contributed by atoms with Crippen molar-refractivity contribution in [2.24, 2.45) is 11.8 Å². The van der Waals surface area contributed by atoms with Gasteiger partial charge in [-0.25, -0.2) is 0 Å². The Morgan fingerprint density at radius 1 is 1.19 bits per heavy atom. The van der Waals surface area contributed by atoms with Crippen LogP contribution >= 0.6 is 0 Å². The molecule has 21 heavy (non-hydrogen) atoms. The van der Waals surface area contributed by atoms with Crippen molar-refractivity contribution in [1.82, 2.24) is 10.2 Å². The van der Waals surface area contributed by atoms with Crippen LogP contribution < -0.4 is 5.32 Å². The topological polar surface area (TPSA) is 15.3 Å². The zero-order valence-electron chi connectivity index (χ0n) is 14.2.